The number of aliphatic carboxylic acids is 1. The van der Waals surface area contributed by atoms with E-state index in [2.05, 4.69) is 24.5 Å². The van der Waals surface area contributed by atoms with Crippen LogP contribution in [0.25, 0.3) is 0 Å². The van der Waals surface area contributed by atoms with E-state index in [4.69, 9.17) is 5.11 Å². The van der Waals surface area contributed by atoms with E-state index in [0.717, 1.165) is 19.3 Å². The lowest BCUT2D eigenvalue weighted by Gasteiger charge is -2.13. The van der Waals surface area contributed by atoms with Crippen LogP contribution in [0.1, 0.15) is 46.5 Å². The van der Waals surface area contributed by atoms with Crippen molar-refractivity contribution < 1.29 is 14.7 Å². The number of nitrogens with one attached hydrogen (secondary N) is 2. The first kappa shape index (κ1) is 15.7. The van der Waals surface area contributed by atoms with Crippen LogP contribution in [0, 0.1) is 5.92 Å². The third-order valence-electron chi connectivity index (χ3n) is 2.51. The van der Waals surface area contributed by atoms with Crippen molar-refractivity contribution in [3.63, 3.8) is 0 Å². The Kier molecular flexibility index (Phi) is 8.19. The fourth-order valence-electron chi connectivity index (χ4n) is 1.43. The van der Waals surface area contributed by atoms with Gasteiger partial charge in [0.05, 0.1) is 0 Å². The minimum Gasteiger partial charge on any atom is -0.480 e. The highest BCUT2D eigenvalue weighted by atomic mass is 16.4. The van der Waals surface area contributed by atoms with Crippen molar-refractivity contribution in [3.8, 4) is 0 Å². The Balaban J connectivity index is 3.62. The van der Waals surface area contributed by atoms with Gasteiger partial charge < -0.3 is 15.7 Å². The largest absolute Gasteiger partial charge is 0.480 e. The molecule has 0 aromatic heterocycles. The summed E-state index contributed by atoms with van der Waals surface area (Å²) in [7, 11) is 0. The van der Waals surface area contributed by atoms with Crippen LogP contribution in [-0.2, 0) is 4.79 Å². The maximum atomic E-state index is 11.3. The zero-order valence-electron chi connectivity index (χ0n) is 11.0. The molecule has 1 atom stereocenters. The number of rotatable bonds is 8. The number of carbonyl (C=O) groups excluding carboxylic acids is 1. The van der Waals surface area contributed by atoms with Crippen LogP contribution in [0.5, 0.6) is 0 Å². The molecule has 0 fully saturated rings. The van der Waals surface area contributed by atoms with Gasteiger partial charge in [-0.25, -0.2) is 9.59 Å². The topological polar surface area (TPSA) is 78.4 Å². The number of hydrogen-bond donors (Lipinski definition) is 3. The normalized spacial score (nSPS) is 12.2. The van der Waals surface area contributed by atoms with E-state index in [1.165, 1.54) is 0 Å². The second-order valence-electron chi connectivity index (χ2n) is 4.59. The number of carbonyl (C=O) groups is 2. The molecule has 0 bridgehead atoms. The smallest absolute Gasteiger partial charge is 0.326 e. The van der Waals surface area contributed by atoms with Gasteiger partial charge in [-0.05, 0) is 18.8 Å². The van der Waals surface area contributed by atoms with Gasteiger partial charge in [0.15, 0.2) is 0 Å². The second-order valence-corrected chi connectivity index (χ2v) is 4.59. The Hall–Kier alpha value is -1.26. The summed E-state index contributed by atoms with van der Waals surface area (Å²) >= 11 is 0. The van der Waals surface area contributed by atoms with Crippen LogP contribution in [0.2, 0.25) is 0 Å². The van der Waals surface area contributed by atoms with Crippen LogP contribution < -0.4 is 10.6 Å². The fourth-order valence-corrected chi connectivity index (χ4v) is 1.43. The van der Waals surface area contributed by atoms with Gasteiger partial charge in [0.25, 0.3) is 0 Å². The fraction of sp³-hybridized carbons (Fsp3) is 0.833. The Labute approximate surface area is 103 Å². The van der Waals surface area contributed by atoms with Crippen LogP contribution in [-0.4, -0.2) is 29.7 Å². The summed E-state index contributed by atoms with van der Waals surface area (Å²) in [6.45, 7) is 6.65. The predicted octanol–water partition coefficient (Wildman–Crippen LogP) is 1.98. The molecule has 0 unspecified atom stereocenters. The highest BCUT2D eigenvalue weighted by molar-refractivity contribution is 5.82. The van der Waals surface area contributed by atoms with Gasteiger partial charge >= 0.3 is 12.0 Å². The van der Waals surface area contributed by atoms with Crippen molar-refractivity contribution in [1.29, 1.82) is 0 Å². The molecular formula is C12H24N2O3. The number of amides is 2. The molecule has 3 N–H and O–H groups in total. The quantitative estimate of drug-likeness (QED) is 0.571. The van der Waals surface area contributed by atoms with Gasteiger partial charge in [-0.2, -0.15) is 0 Å². The monoisotopic (exact) mass is 244 g/mol. The van der Waals surface area contributed by atoms with Gasteiger partial charge in [0.2, 0.25) is 0 Å². The molecule has 0 saturated heterocycles. The van der Waals surface area contributed by atoms with Gasteiger partial charge in [0, 0.05) is 6.54 Å². The summed E-state index contributed by atoms with van der Waals surface area (Å²) in [5.74, 6) is -0.317. The Morgan fingerprint density at radius 1 is 1.24 bits per heavy atom. The lowest BCUT2D eigenvalue weighted by Crippen LogP contribution is -2.45. The first-order chi connectivity index (χ1) is 7.97. The molecule has 100 valence electrons. The van der Waals surface area contributed by atoms with Crippen molar-refractivity contribution in [2.24, 2.45) is 5.92 Å². The summed E-state index contributed by atoms with van der Waals surface area (Å²) in [6, 6.07) is -1.20. The third-order valence-corrected chi connectivity index (χ3v) is 2.51. The van der Waals surface area contributed by atoms with Gasteiger partial charge in [-0.1, -0.05) is 33.6 Å². The zero-order chi connectivity index (χ0) is 13.3. The maximum absolute atomic E-state index is 11.3. The number of carboxylic acid groups (broad SMARTS) is 1. The van der Waals surface area contributed by atoms with Crippen LogP contribution in [0.3, 0.4) is 0 Å². The summed E-state index contributed by atoms with van der Waals surface area (Å²) in [6.07, 6.45) is 3.54. The molecule has 2 amide bonds. The lowest BCUT2D eigenvalue weighted by atomic mass is 10.1. The van der Waals surface area contributed by atoms with Crippen molar-refractivity contribution in [2.45, 2.75) is 52.5 Å². The molecule has 17 heavy (non-hydrogen) atoms. The van der Waals surface area contributed by atoms with E-state index >= 15 is 0 Å². The lowest BCUT2D eigenvalue weighted by molar-refractivity contribution is -0.139. The summed E-state index contributed by atoms with van der Waals surface area (Å²) in [5, 5.41) is 13.8. The molecule has 5 heteroatoms. The molecule has 0 saturated carbocycles. The van der Waals surface area contributed by atoms with Crippen LogP contribution >= 0.6 is 0 Å². The molecule has 0 rings (SSSR count). The van der Waals surface area contributed by atoms with E-state index in [0.29, 0.717) is 18.9 Å². The number of unbranched alkanes of at least 4 members (excludes halogenated alkanes) is 1. The molecule has 0 aromatic carbocycles. The minimum atomic E-state index is -0.998. The van der Waals surface area contributed by atoms with E-state index in [1.807, 2.05) is 0 Å². The average Bonchev–Trinajstić information content (AvgIpc) is 2.24. The molecular weight excluding hydrogens is 220 g/mol. The summed E-state index contributed by atoms with van der Waals surface area (Å²) < 4.78 is 0. The van der Waals surface area contributed by atoms with Crippen molar-refractivity contribution in [2.75, 3.05) is 6.54 Å². The average molecular weight is 244 g/mol. The third kappa shape index (κ3) is 8.54. The standard InChI is InChI=1S/C12H24N2O3/c1-4-10(11(15)16)14-12(17)13-8-6-5-7-9(2)3/h9-10H,4-8H2,1-3H3,(H,15,16)(H2,13,14,17)/t10-/m1/s1. The van der Waals surface area contributed by atoms with Crippen LogP contribution in [0.4, 0.5) is 4.79 Å². The van der Waals surface area contributed by atoms with Crippen molar-refractivity contribution >= 4 is 12.0 Å². The highest BCUT2D eigenvalue weighted by Crippen LogP contribution is 2.04. The van der Waals surface area contributed by atoms with Gasteiger partial charge in [-0.15, -0.1) is 0 Å². The number of hydrogen-bond acceptors (Lipinski definition) is 2. The minimum absolute atomic E-state index is 0.385. The van der Waals surface area contributed by atoms with Crippen molar-refractivity contribution in [3.05, 3.63) is 0 Å². The second kappa shape index (κ2) is 8.84. The SMILES string of the molecule is CC[C@@H](NC(=O)NCCCCC(C)C)C(=O)O. The van der Waals surface area contributed by atoms with Crippen LogP contribution in [0.15, 0.2) is 0 Å². The molecule has 0 aliphatic carbocycles. The number of urea groups is 1. The summed E-state index contributed by atoms with van der Waals surface area (Å²) in [5.41, 5.74) is 0. The van der Waals surface area contributed by atoms with E-state index in [-0.39, 0.29) is 0 Å². The molecule has 0 aromatic rings. The molecule has 0 aliphatic rings. The van der Waals surface area contributed by atoms with Gasteiger partial charge in [-0.3, -0.25) is 0 Å². The molecule has 0 spiro atoms. The molecule has 0 heterocycles. The Morgan fingerprint density at radius 3 is 2.35 bits per heavy atom. The maximum Gasteiger partial charge on any atom is 0.326 e. The van der Waals surface area contributed by atoms with E-state index in [1.54, 1.807) is 6.92 Å². The first-order valence-corrected chi connectivity index (χ1v) is 6.24. The molecule has 5 nitrogen and oxygen atoms in total. The molecule has 0 aliphatic heterocycles. The number of carboxylic acids is 1. The zero-order valence-corrected chi connectivity index (χ0v) is 11.0. The highest BCUT2D eigenvalue weighted by Gasteiger charge is 2.16. The Morgan fingerprint density at radius 2 is 1.88 bits per heavy atom. The molecule has 0 radical (unpaired) electrons. The van der Waals surface area contributed by atoms with Crippen molar-refractivity contribution in [1.82, 2.24) is 10.6 Å². The summed E-state index contributed by atoms with van der Waals surface area (Å²) in [4.78, 5) is 22.0. The first-order valence-electron chi connectivity index (χ1n) is 6.24. The predicted molar refractivity (Wildman–Crippen MR) is 66.9 cm³/mol. The van der Waals surface area contributed by atoms with E-state index < -0.39 is 18.0 Å². The van der Waals surface area contributed by atoms with E-state index in [9.17, 15) is 9.59 Å². The van der Waals surface area contributed by atoms with Gasteiger partial charge in [0.1, 0.15) is 6.04 Å². The Bertz CT molecular complexity index is 242.